The third kappa shape index (κ3) is 5.28. The summed E-state index contributed by atoms with van der Waals surface area (Å²) in [5.41, 5.74) is 1.43. The van der Waals surface area contributed by atoms with E-state index in [1.165, 1.54) is 7.11 Å². The number of pyridine rings is 1. The number of carbonyl (C=O) groups excluding carboxylic acids is 2. The predicted octanol–water partition coefficient (Wildman–Crippen LogP) is 3.31. The van der Waals surface area contributed by atoms with Crippen molar-refractivity contribution in [1.82, 2.24) is 4.98 Å². The molecule has 0 spiro atoms. The molecule has 27 heavy (non-hydrogen) atoms. The van der Waals surface area contributed by atoms with Crippen LogP contribution in [-0.4, -0.2) is 49.6 Å². The highest BCUT2D eigenvalue weighted by Gasteiger charge is 2.28. The van der Waals surface area contributed by atoms with E-state index in [0.717, 1.165) is 69.4 Å². The first-order chi connectivity index (χ1) is 13.1. The molecule has 1 saturated carbocycles. The molecule has 1 aromatic rings. The van der Waals surface area contributed by atoms with Crippen molar-refractivity contribution in [1.29, 1.82) is 0 Å². The van der Waals surface area contributed by atoms with E-state index in [2.05, 4.69) is 9.88 Å². The monoisotopic (exact) mass is 374 g/mol. The van der Waals surface area contributed by atoms with Crippen molar-refractivity contribution in [3.05, 3.63) is 23.4 Å². The predicted molar refractivity (Wildman–Crippen MR) is 103 cm³/mol. The van der Waals surface area contributed by atoms with Gasteiger partial charge in [0.05, 0.1) is 25.0 Å². The van der Waals surface area contributed by atoms with Crippen molar-refractivity contribution in [2.24, 2.45) is 5.92 Å². The lowest BCUT2D eigenvalue weighted by Crippen LogP contribution is -2.39. The molecule has 0 N–H and O–H groups in total. The van der Waals surface area contributed by atoms with Gasteiger partial charge in [0.2, 0.25) is 0 Å². The van der Waals surface area contributed by atoms with Crippen LogP contribution in [0.15, 0.2) is 12.1 Å². The third-order valence-electron chi connectivity index (χ3n) is 5.87. The molecule has 1 aliphatic heterocycles. The Bertz CT molecular complexity index is 648. The van der Waals surface area contributed by atoms with E-state index in [1.807, 2.05) is 19.1 Å². The van der Waals surface area contributed by atoms with Crippen LogP contribution in [0.4, 0.5) is 5.82 Å². The zero-order chi connectivity index (χ0) is 19.2. The lowest BCUT2D eigenvalue weighted by atomic mass is 9.85. The highest BCUT2D eigenvalue weighted by atomic mass is 16.5. The normalized spacial score (nSPS) is 23.9. The first kappa shape index (κ1) is 19.8. The van der Waals surface area contributed by atoms with Crippen LogP contribution in [0.25, 0.3) is 0 Å². The Morgan fingerprint density at radius 2 is 1.81 bits per heavy atom. The Labute approximate surface area is 161 Å². The fourth-order valence-corrected chi connectivity index (χ4v) is 4.14. The van der Waals surface area contributed by atoms with Gasteiger partial charge in [0.1, 0.15) is 5.82 Å². The molecule has 0 atom stereocenters. The lowest BCUT2D eigenvalue weighted by molar-refractivity contribution is -0.142. The first-order valence-electron chi connectivity index (χ1n) is 9.99. The van der Waals surface area contributed by atoms with E-state index >= 15 is 0 Å². The van der Waals surface area contributed by atoms with E-state index in [-0.39, 0.29) is 5.97 Å². The highest BCUT2D eigenvalue weighted by Crippen LogP contribution is 2.31. The quantitative estimate of drug-likeness (QED) is 0.562. The standard InChI is InChI=1S/C21H30N2O4/c1-15-17(14-24)5-8-20(22-15)23-11-9-19(10-12-23)27-18-6-3-16(4-7-18)13-21(25)26-2/h5,8,14,16,18-19H,3-4,6-7,9-13H2,1-2H3/t16-,18-. The summed E-state index contributed by atoms with van der Waals surface area (Å²) in [6.45, 7) is 3.73. The van der Waals surface area contributed by atoms with Gasteiger partial charge in [-0.25, -0.2) is 4.98 Å². The van der Waals surface area contributed by atoms with Gasteiger partial charge in [-0.3, -0.25) is 9.59 Å². The average Bonchev–Trinajstić information content (AvgIpc) is 2.70. The molecule has 6 nitrogen and oxygen atoms in total. The summed E-state index contributed by atoms with van der Waals surface area (Å²) in [5, 5.41) is 0. The highest BCUT2D eigenvalue weighted by molar-refractivity contribution is 5.76. The van der Waals surface area contributed by atoms with Gasteiger partial charge in [0.15, 0.2) is 6.29 Å². The molecule has 2 fully saturated rings. The molecule has 3 rings (SSSR count). The van der Waals surface area contributed by atoms with Crippen molar-refractivity contribution in [3.8, 4) is 0 Å². The second kappa shape index (κ2) is 9.31. The van der Waals surface area contributed by atoms with Gasteiger partial charge in [-0.05, 0) is 63.5 Å². The summed E-state index contributed by atoms with van der Waals surface area (Å²) < 4.78 is 11.1. The minimum absolute atomic E-state index is 0.100. The summed E-state index contributed by atoms with van der Waals surface area (Å²) in [6.07, 6.45) is 8.18. The second-order valence-electron chi connectivity index (χ2n) is 7.71. The van der Waals surface area contributed by atoms with Gasteiger partial charge in [0.25, 0.3) is 0 Å². The van der Waals surface area contributed by atoms with E-state index in [4.69, 9.17) is 9.47 Å². The fraction of sp³-hybridized carbons (Fsp3) is 0.667. The zero-order valence-corrected chi connectivity index (χ0v) is 16.4. The van der Waals surface area contributed by atoms with E-state index in [0.29, 0.717) is 30.1 Å². The van der Waals surface area contributed by atoms with Crippen LogP contribution >= 0.6 is 0 Å². The number of nitrogens with zero attached hydrogens (tertiary/aromatic N) is 2. The minimum atomic E-state index is -0.100. The van der Waals surface area contributed by atoms with E-state index < -0.39 is 0 Å². The van der Waals surface area contributed by atoms with Crippen molar-refractivity contribution in [3.63, 3.8) is 0 Å². The molecule has 1 aromatic heterocycles. The number of esters is 1. The van der Waals surface area contributed by atoms with Crippen molar-refractivity contribution in [2.75, 3.05) is 25.1 Å². The fourth-order valence-electron chi connectivity index (χ4n) is 4.14. The molecule has 1 saturated heterocycles. The number of anilines is 1. The van der Waals surface area contributed by atoms with Crippen LogP contribution in [0.1, 0.15) is 61.0 Å². The van der Waals surface area contributed by atoms with E-state index in [1.54, 1.807) is 0 Å². The zero-order valence-electron chi connectivity index (χ0n) is 16.4. The van der Waals surface area contributed by atoms with Crippen LogP contribution < -0.4 is 4.90 Å². The molecule has 0 amide bonds. The number of rotatable bonds is 6. The number of aryl methyl sites for hydroxylation is 1. The number of aromatic nitrogens is 1. The summed E-state index contributed by atoms with van der Waals surface area (Å²) in [5.74, 6) is 1.29. The molecular weight excluding hydrogens is 344 g/mol. The summed E-state index contributed by atoms with van der Waals surface area (Å²) >= 11 is 0. The van der Waals surface area contributed by atoms with Crippen LogP contribution in [0.2, 0.25) is 0 Å². The van der Waals surface area contributed by atoms with Crippen LogP contribution in [0.5, 0.6) is 0 Å². The molecule has 148 valence electrons. The molecule has 1 aliphatic carbocycles. The Balaban J connectivity index is 1.42. The maximum absolute atomic E-state index is 11.4. The van der Waals surface area contributed by atoms with Crippen LogP contribution in [-0.2, 0) is 14.3 Å². The summed E-state index contributed by atoms with van der Waals surface area (Å²) in [7, 11) is 1.46. The number of hydrogen-bond donors (Lipinski definition) is 0. The smallest absolute Gasteiger partial charge is 0.305 e. The first-order valence-corrected chi connectivity index (χ1v) is 9.99. The summed E-state index contributed by atoms with van der Waals surface area (Å²) in [4.78, 5) is 29.2. The molecule has 0 bridgehead atoms. The minimum Gasteiger partial charge on any atom is -0.469 e. The topological polar surface area (TPSA) is 68.7 Å². The Hall–Kier alpha value is -1.95. The van der Waals surface area contributed by atoms with Gasteiger partial charge in [0, 0.05) is 25.1 Å². The molecule has 0 radical (unpaired) electrons. The molecule has 2 heterocycles. The largest absolute Gasteiger partial charge is 0.469 e. The number of carbonyl (C=O) groups is 2. The number of piperidine rings is 1. The number of aldehydes is 1. The van der Waals surface area contributed by atoms with Gasteiger partial charge >= 0.3 is 5.97 Å². The lowest BCUT2D eigenvalue weighted by Gasteiger charge is -2.36. The van der Waals surface area contributed by atoms with Crippen molar-refractivity contribution >= 4 is 18.1 Å². The molecule has 2 aliphatic rings. The van der Waals surface area contributed by atoms with E-state index in [9.17, 15) is 9.59 Å². The van der Waals surface area contributed by atoms with Crippen LogP contribution in [0.3, 0.4) is 0 Å². The van der Waals surface area contributed by atoms with Gasteiger partial charge < -0.3 is 14.4 Å². The van der Waals surface area contributed by atoms with Gasteiger partial charge in [-0.1, -0.05) is 0 Å². The van der Waals surface area contributed by atoms with Gasteiger partial charge in [-0.2, -0.15) is 0 Å². The van der Waals surface area contributed by atoms with Crippen LogP contribution in [0, 0.1) is 12.8 Å². The average molecular weight is 374 g/mol. The maximum Gasteiger partial charge on any atom is 0.305 e. The Kier molecular flexibility index (Phi) is 6.83. The summed E-state index contributed by atoms with van der Waals surface area (Å²) in [6, 6.07) is 3.78. The maximum atomic E-state index is 11.4. The molecule has 6 heteroatoms. The molecule has 0 unspecified atom stereocenters. The van der Waals surface area contributed by atoms with Gasteiger partial charge in [-0.15, -0.1) is 0 Å². The third-order valence-corrected chi connectivity index (χ3v) is 5.87. The second-order valence-corrected chi connectivity index (χ2v) is 7.71. The SMILES string of the molecule is COC(=O)C[C@H]1CC[C@H](OC2CCN(c3ccc(C=O)c(C)n3)CC2)CC1. The number of ether oxygens (including phenoxy) is 2. The number of hydrogen-bond acceptors (Lipinski definition) is 6. The van der Waals surface area contributed by atoms with Crippen molar-refractivity contribution < 1.29 is 19.1 Å². The molecule has 0 aromatic carbocycles. The Morgan fingerprint density at radius 3 is 2.41 bits per heavy atom. The number of methoxy groups -OCH3 is 1. The molecular formula is C21H30N2O4. The Morgan fingerprint density at radius 1 is 1.15 bits per heavy atom. The van der Waals surface area contributed by atoms with Crippen molar-refractivity contribution in [2.45, 2.75) is 64.1 Å².